The molecule has 3 atom stereocenters. The van der Waals surface area contributed by atoms with Gasteiger partial charge in [0.15, 0.2) is 0 Å². The van der Waals surface area contributed by atoms with Crippen molar-refractivity contribution in [2.75, 3.05) is 20.1 Å². The zero-order chi connectivity index (χ0) is 13.2. The molecule has 4 heteroatoms. The van der Waals surface area contributed by atoms with Crippen molar-refractivity contribution in [3.63, 3.8) is 0 Å². The largest absolute Gasteiger partial charge is 0.388 e. The highest BCUT2D eigenvalue weighted by Gasteiger charge is 2.38. The lowest BCUT2D eigenvalue weighted by Crippen LogP contribution is -2.61. The molecule has 1 saturated heterocycles. The van der Waals surface area contributed by atoms with Crippen LogP contribution in [-0.2, 0) is 6.42 Å². The average molecular weight is 268 g/mol. The standard InChI is InChI=1S/C14H24N2OS/c1-11(9-12-5-4-8-18-12)16(3)13-10-15-7-6-14(13,2)17/h4-5,8,11,13,15,17H,6-7,9-10H2,1-3H3. The van der Waals surface area contributed by atoms with E-state index in [0.717, 1.165) is 25.9 Å². The number of nitrogens with zero attached hydrogens (tertiary/aromatic N) is 1. The van der Waals surface area contributed by atoms with E-state index in [1.165, 1.54) is 4.88 Å². The van der Waals surface area contributed by atoms with Crippen molar-refractivity contribution in [1.82, 2.24) is 10.2 Å². The van der Waals surface area contributed by atoms with Gasteiger partial charge in [0.2, 0.25) is 0 Å². The third-order valence-electron chi connectivity index (χ3n) is 4.13. The second-order valence-corrected chi connectivity index (χ2v) is 6.66. The molecule has 2 rings (SSSR count). The number of hydrogen-bond acceptors (Lipinski definition) is 4. The Balaban J connectivity index is 1.98. The maximum atomic E-state index is 10.5. The van der Waals surface area contributed by atoms with Crippen LogP contribution in [0, 0.1) is 0 Å². The first-order valence-electron chi connectivity index (χ1n) is 6.68. The summed E-state index contributed by atoms with van der Waals surface area (Å²) in [6, 6.07) is 4.93. The van der Waals surface area contributed by atoms with Gasteiger partial charge >= 0.3 is 0 Å². The Labute approximate surface area is 114 Å². The third-order valence-corrected chi connectivity index (χ3v) is 5.03. The molecule has 3 nitrogen and oxygen atoms in total. The van der Waals surface area contributed by atoms with Gasteiger partial charge in [-0.05, 0) is 51.7 Å². The second kappa shape index (κ2) is 5.70. The van der Waals surface area contributed by atoms with Crippen molar-refractivity contribution in [2.45, 2.75) is 44.4 Å². The topological polar surface area (TPSA) is 35.5 Å². The molecule has 2 N–H and O–H groups in total. The molecule has 0 spiro atoms. The fourth-order valence-corrected chi connectivity index (χ4v) is 3.55. The van der Waals surface area contributed by atoms with Crippen LogP contribution in [0.2, 0.25) is 0 Å². The highest BCUT2D eigenvalue weighted by molar-refractivity contribution is 7.09. The van der Waals surface area contributed by atoms with E-state index in [1.54, 1.807) is 0 Å². The monoisotopic (exact) mass is 268 g/mol. The molecule has 102 valence electrons. The SMILES string of the molecule is CC(Cc1cccs1)N(C)C1CNCCC1(C)O. The highest BCUT2D eigenvalue weighted by Crippen LogP contribution is 2.24. The number of piperidine rings is 1. The normalized spacial score (nSPS) is 30.6. The molecular formula is C14H24N2OS. The number of hydrogen-bond donors (Lipinski definition) is 2. The number of likely N-dealkylation sites (N-methyl/N-ethyl adjacent to an activating group) is 1. The number of aliphatic hydroxyl groups is 1. The predicted octanol–water partition coefficient (Wildman–Crippen LogP) is 1.72. The first kappa shape index (κ1) is 14.0. The smallest absolute Gasteiger partial charge is 0.0798 e. The minimum absolute atomic E-state index is 0.196. The van der Waals surface area contributed by atoms with E-state index < -0.39 is 5.60 Å². The van der Waals surface area contributed by atoms with Gasteiger partial charge in [0, 0.05) is 17.5 Å². The van der Waals surface area contributed by atoms with Crippen molar-refractivity contribution in [2.24, 2.45) is 0 Å². The lowest BCUT2D eigenvalue weighted by Gasteiger charge is -2.45. The Morgan fingerprint density at radius 2 is 2.44 bits per heavy atom. The molecule has 18 heavy (non-hydrogen) atoms. The molecule has 1 aliphatic heterocycles. The fraction of sp³-hybridized carbons (Fsp3) is 0.714. The zero-order valence-electron chi connectivity index (χ0n) is 11.5. The molecule has 1 fully saturated rings. The van der Waals surface area contributed by atoms with Gasteiger partial charge in [0.1, 0.15) is 0 Å². The lowest BCUT2D eigenvalue weighted by atomic mass is 9.87. The molecule has 0 amide bonds. The van der Waals surface area contributed by atoms with Crippen LogP contribution in [0.4, 0.5) is 0 Å². The van der Waals surface area contributed by atoms with Gasteiger partial charge in [-0.15, -0.1) is 11.3 Å². The quantitative estimate of drug-likeness (QED) is 0.873. The molecule has 0 aromatic carbocycles. The first-order chi connectivity index (χ1) is 8.50. The van der Waals surface area contributed by atoms with Crippen molar-refractivity contribution >= 4 is 11.3 Å². The molecule has 0 saturated carbocycles. The van der Waals surface area contributed by atoms with Crippen molar-refractivity contribution in [3.05, 3.63) is 22.4 Å². The molecule has 1 aliphatic rings. The van der Waals surface area contributed by atoms with Crippen molar-refractivity contribution < 1.29 is 5.11 Å². The summed E-state index contributed by atoms with van der Waals surface area (Å²) in [5.41, 5.74) is -0.580. The van der Waals surface area contributed by atoms with Crippen LogP contribution in [0.5, 0.6) is 0 Å². The van der Waals surface area contributed by atoms with E-state index in [0.29, 0.717) is 6.04 Å². The Bertz CT molecular complexity index is 364. The van der Waals surface area contributed by atoms with E-state index in [4.69, 9.17) is 0 Å². The summed E-state index contributed by atoms with van der Waals surface area (Å²) in [7, 11) is 2.13. The number of nitrogens with one attached hydrogen (secondary N) is 1. The van der Waals surface area contributed by atoms with Gasteiger partial charge in [-0.3, -0.25) is 4.90 Å². The molecule has 0 radical (unpaired) electrons. The molecule has 2 heterocycles. The zero-order valence-corrected chi connectivity index (χ0v) is 12.3. The van der Waals surface area contributed by atoms with Gasteiger partial charge in [-0.1, -0.05) is 6.07 Å². The Morgan fingerprint density at radius 3 is 3.06 bits per heavy atom. The maximum absolute atomic E-state index is 10.5. The van der Waals surface area contributed by atoms with E-state index in [-0.39, 0.29) is 6.04 Å². The Hall–Kier alpha value is -0.420. The maximum Gasteiger partial charge on any atom is 0.0798 e. The van der Waals surface area contributed by atoms with Gasteiger partial charge < -0.3 is 10.4 Å². The van der Waals surface area contributed by atoms with Crippen molar-refractivity contribution in [1.29, 1.82) is 0 Å². The van der Waals surface area contributed by atoms with Gasteiger partial charge in [0.05, 0.1) is 11.6 Å². The van der Waals surface area contributed by atoms with E-state index in [2.05, 4.69) is 41.7 Å². The summed E-state index contributed by atoms with van der Waals surface area (Å²) in [5.74, 6) is 0. The predicted molar refractivity (Wildman–Crippen MR) is 77.1 cm³/mol. The van der Waals surface area contributed by atoms with Crippen molar-refractivity contribution in [3.8, 4) is 0 Å². The van der Waals surface area contributed by atoms with E-state index in [1.807, 2.05) is 18.3 Å². The lowest BCUT2D eigenvalue weighted by molar-refractivity contribution is -0.0549. The van der Waals surface area contributed by atoms with Crippen LogP contribution in [0.3, 0.4) is 0 Å². The highest BCUT2D eigenvalue weighted by atomic mass is 32.1. The third kappa shape index (κ3) is 3.12. The van der Waals surface area contributed by atoms with Gasteiger partial charge in [-0.2, -0.15) is 0 Å². The van der Waals surface area contributed by atoms with Gasteiger partial charge in [0.25, 0.3) is 0 Å². The molecular weight excluding hydrogens is 244 g/mol. The van der Waals surface area contributed by atoms with Crippen LogP contribution in [0.1, 0.15) is 25.1 Å². The summed E-state index contributed by atoms with van der Waals surface area (Å²) >= 11 is 1.81. The summed E-state index contributed by atoms with van der Waals surface area (Å²) < 4.78 is 0. The summed E-state index contributed by atoms with van der Waals surface area (Å²) in [4.78, 5) is 3.74. The molecule has 0 bridgehead atoms. The van der Waals surface area contributed by atoms with E-state index >= 15 is 0 Å². The fourth-order valence-electron chi connectivity index (χ4n) is 2.72. The van der Waals surface area contributed by atoms with Gasteiger partial charge in [-0.25, -0.2) is 0 Å². The molecule has 1 aromatic rings. The summed E-state index contributed by atoms with van der Waals surface area (Å²) in [6.45, 7) is 5.99. The van der Waals surface area contributed by atoms with Crippen LogP contribution in [0.15, 0.2) is 17.5 Å². The molecule has 0 aliphatic carbocycles. The summed E-state index contributed by atoms with van der Waals surface area (Å²) in [5, 5.41) is 16.0. The van der Waals surface area contributed by atoms with Crippen LogP contribution in [0.25, 0.3) is 0 Å². The minimum Gasteiger partial charge on any atom is -0.388 e. The Morgan fingerprint density at radius 1 is 1.67 bits per heavy atom. The molecule has 1 aromatic heterocycles. The number of thiophene rings is 1. The number of rotatable bonds is 4. The van der Waals surface area contributed by atoms with E-state index in [9.17, 15) is 5.11 Å². The molecule has 3 unspecified atom stereocenters. The minimum atomic E-state index is -0.580. The second-order valence-electron chi connectivity index (χ2n) is 5.63. The Kier molecular flexibility index (Phi) is 4.43. The first-order valence-corrected chi connectivity index (χ1v) is 7.56. The average Bonchev–Trinajstić information content (AvgIpc) is 2.80. The summed E-state index contributed by atoms with van der Waals surface area (Å²) in [6.07, 6.45) is 1.88. The van der Waals surface area contributed by atoms with Crippen LogP contribution in [-0.4, -0.2) is 47.8 Å². The van der Waals surface area contributed by atoms with Crippen LogP contribution >= 0.6 is 11.3 Å². The van der Waals surface area contributed by atoms with Crippen LogP contribution < -0.4 is 5.32 Å².